The molecule has 1 N–H and O–H groups in total. The highest BCUT2D eigenvalue weighted by molar-refractivity contribution is 5.85. The molecule has 0 saturated carbocycles. The number of halogens is 2. The number of anilines is 1. The summed E-state index contributed by atoms with van der Waals surface area (Å²) in [5.74, 6) is 2.02. The van der Waals surface area contributed by atoms with Crippen molar-refractivity contribution in [2.45, 2.75) is 12.5 Å². The van der Waals surface area contributed by atoms with Crippen LogP contribution in [0.25, 0.3) is 0 Å². The van der Waals surface area contributed by atoms with Crippen LogP contribution < -0.4 is 10.2 Å². The topological polar surface area (TPSA) is 82.4 Å². The number of carbonyl (C=O) groups is 1. The first-order valence-electron chi connectivity index (χ1n) is 9.94. The van der Waals surface area contributed by atoms with Crippen molar-refractivity contribution in [2.75, 3.05) is 57.3 Å². The Balaban J connectivity index is 0.00000160. The Morgan fingerprint density at radius 2 is 1.80 bits per heavy atom. The number of carbonyl (C=O) groups excluding carboxylic acids is 1. The smallest absolute Gasteiger partial charge is 0.225 e. The Kier molecular flexibility index (Phi) is 9.29. The summed E-state index contributed by atoms with van der Waals surface area (Å²) in [6.07, 6.45) is 7.87. The van der Waals surface area contributed by atoms with Gasteiger partial charge >= 0.3 is 0 Å². The lowest BCUT2D eigenvalue weighted by Gasteiger charge is -2.37. The van der Waals surface area contributed by atoms with Gasteiger partial charge in [-0.05, 0) is 6.07 Å². The van der Waals surface area contributed by atoms with E-state index in [1.54, 1.807) is 12.4 Å². The molecule has 0 bridgehead atoms. The predicted molar refractivity (Wildman–Crippen MR) is 120 cm³/mol. The van der Waals surface area contributed by atoms with Crippen LogP contribution in [0, 0.1) is 0 Å². The highest BCUT2D eigenvalue weighted by Crippen LogP contribution is 2.21. The first kappa shape index (κ1) is 24.3. The zero-order valence-corrected chi connectivity index (χ0v) is 18.8. The summed E-state index contributed by atoms with van der Waals surface area (Å²) < 4.78 is 2.07. The number of hydrogen-bond acceptors (Lipinski definition) is 7. The Morgan fingerprint density at radius 1 is 1.07 bits per heavy atom. The summed E-state index contributed by atoms with van der Waals surface area (Å²) in [5.41, 5.74) is 0. The van der Waals surface area contributed by atoms with Gasteiger partial charge in [-0.3, -0.25) is 9.69 Å². The fraction of sp³-hybridized carbons (Fsp3) is 0.579. The number of nitrogens with one attached hydrogen (secondary N) is 1. The molecular formula is C19H30Cl2N8O. The van der Waals surface area contributed by atoms with Crippen LogP contribution in [0.2, 0.25) is 0 Å². The minimum atomic E-state index is 0. The molecule has 1 atom stereocenters. The van der Waals surface area contributed by atoms with Crippen molar-refractivity contribution in [2.24, 2.45) is 7.05 Å². The van der Waals surface area contributed by atoms with Crippen molar-refractivity contribution in [1.29, 1.82) is 0 Å². The van der Waals surface area contributed by atoms with E-state index in [1.165, 1.54) is 0 Å². The maximum absolute atomic E-state index is 12.8. The van der Waals surface area contributed by atoms with Gasteiger partial charge in [0.15, 0.2) is 0 Å². The molecule has 2 aliphatic rings. The van der Waals surface area contributed by atoms with Crippen molar-refractivity contribution in [3.05, 3.63) is 36.7 Å². The number of aryl methyl sites for hydroxylation is 1. The normalized spacial score (nSPS) is 19.7. The van der Waals surface area contributed by atoms with Crippen LogP contribution in [0.1, 0.15) is 18.3 Å². The fourth-order valence-corrected chi connectivity index (χ4v) is 3.97. The van der Waals surface area contributed by atoms with Crippen LogP contribution >= 0.6 is 24.8 Å². The second-order valence-corrected chi connectivity index (χ2v) is 7.32. The molecule has 0 radical (unpaired) electrons. The molecular weight excluding hydrogens is 427 g/mol. The molecule has 2 fully saturated rings. The molecule has 4 heterocycles. The molecule has 2 aromatic rings. The molecule has 0 aromatic carbocycles. The van der Waals surface area contributed by atoms with E-state index < -0.39 is 0 Å². The molecule has 11 heteroatoms. The molecule has 0 spiro atoms. The highest BCUT2D eigenvalue weighted by Gasteiger charge is 2.28. The lowest BCUT2D eigenvalue weighted by atomic mass is 10.1. The van der Waals surface area contributed by atoms with Gasteiger partial charge in [0.25, 0.3) is 0 Å². The van der Waals surface area contributed by atoms with Crippen molar-refractivity contribution < 1.29 is 4.79 Å². The number of hydrogen-bond donors (Lipinski definition) is 1. The second kappa shape index (κ2) is 11.5. The third-order valence-electron chi connectivity index (χ3n) is 5.59. The van der Waals surface area contributed by atoms with Crippen LogP contribution in [0.4, 0.5) is 5.95 Å². The number of imidazole rings is 1. The van der Waals surface area contributed by atoms with E-state index in [-0.39, 0.29) is 36.8 Å². The van der Waals surface area contributed by atoms with Gasteiger partial charge < -0.3 is 19.7 Å². The van der Waals surface area contributed by atoms with Crippen molar-refractivity contribution in [3.63, 3.8) is 0 Å². The van der Waals surface area contributed by atoms with Gasteiger partial charge in [-0.2, -0.15) is 0 Å². The molecule has 1 unspecified atom stereocenters. The summed E-state index contributed by atoms with van der Waals surface area (Å²) in [7, 11) is 2.02. The summed E-state index contributed by atoms with van der Waals surface area (Å²) in [5, 5.41) is 3.44. The van der Waals surface area contributed by atoms with Crippen LogP contribution in [0.5, 0.6) is 0 Å². The maximum Gasteiger partial charge on any atom is 0.225 e. The number of nitrogens with zero attached hydrogens (tertiary/aromatic N) is 7. The van der Waals surface area contributed by atoms with Crippen molar-refractivity contribution in [3.8, 4) is 0 Å². The van der Waals surface area contributed by atoms with Crippen LogP contribution in [0.15, 0.2) is 30.9 Å². The maximum atomic E-state index is 12.8. The molecule has 0 aliphatic carbocycles. The molecule has 1 amide bonds. The van der Waals surface area contributed by atoms with Crippen molar-refractivity contribution >= 4 is 36.7 Å². The monoisotopic (exact) mass is 456 g/mol. The Morgan fingerprint density at radius 3 is 2.47 bits per heavy atom. The minimum Gasteiger partial charge on any atom is -0.339 e. The van der Waals surface area contributed by atoms with E-state index in [9.17, 15) is 4.79 Å². The average molecular weight is 457 g/mol. The lowest BCUT2D eigenvalue weighted by Crippen LogP contribution is -2.51. The number of piperazine rings is 2. The van der Waals surface area contributed by atoms with E-state index in [1.807, 2.05) is 30.4 Å². The standard InChI is InChI=1S/C19H28N8O.2ClH/c1-24-9-7-21-18(24)16-15-20-6-10-25(16)8-3-17(28)26-11-13-27(14-12-26)19-22-4-2-5-23-19;;/h2,4-5,7,9,16,20H,3,6,8,10-15H2,1H3;2*1H. The second-order valence-electron chi connectivity index (χ2n) is 7.32. The molecule has 2 saturated heterocycles. The van der Waals surface area contributed by atoms with Gasteiger partial charge in [-0.25, -0.2) is 15.0 Å². The van der Waals surface area contributed by atoms with E-state index in [0.717, 1.165) is 64.1 Å². The third kappa shape index (κ3) is 5.60. The molecule has 4 rings (SSSR count). The highest BCUT2D eigenvalue weighted by atomic mass is 35.5. The van der Waals surface area contributed by atoms with Gasteiger partial charge in [0, 0.05) is 90.6 Å². The van der Waals surface area contributed by atoms with Crippen LogP contribution in [-0.2, 0) is 11.8 Å². The van der Waals surface area contributed by atoms with E-state index in [2.05, 4.69) is 34.6 Å². The van der Waals surface area contributed by atoms with Crippen LogP contribution in [-0.4, -0.2) is 87.6 Å². The lowest BCUT2D eigenvalue weighted by molar-refractivity contribution is -0.132. The molecule has 30 heavy (non-hydrogen) atoms. The van der Waals surface area contributed by atoms with Gasteiger partial charge in [0.1, 0.15) is 5.82 Å². The SMILES string of the molecule is Cl.Cl.Cn1ccnc1C1CNCCN1CCC(=O)N1CCN(c2ncccn2)CC1. The van der Waals surface area contributed by atoms with Crippen molar-refractivity contribution in [1.82, 2.24) is 34.6 Å². The zero-order valence-electron chi connectivity index (χ0n) is 17.2. The van der Waals surface area contributed by atoms with E-state index >= 15 is 0 Å². The van der Waals surface area contributed by atoms with Gasteiger partial charge in [0.05, 0.1) is 6.04 Å². The molecule has 2 aromatic heterocycles. The first-order chi connectivity index (χ1) is 13.7. The van der Waals surface area contributed by atoms with E-state index in [0.29, 0.717) is 6.42 Å². The zero-order chi connectivity index (χ0) is 19.3. The Bertz CT molecular complexity index is 782. The fourth-order valence-electron chi connectivity index (χ4n) is 3.97. The third-order valence-corrected chi connectivity index (χ3v) is 5.59. The minimum absolute atomic E-state index is 0. The number of aromatic nitrogens is 4. The first-order valence-corrected chi connectivity index (χ1v) is 9.94. The predicted octanol–water partition coefficient (Wildman–Crippen LogP) is 0.739. The van der Waals surface area contributed by atoms with Gasteiger partial charge in [0.2, 0.25) is 11.9 Å². The largest absolute Gasteiger partial charge is 0.339 e. The molecule has 9 nitrogen and oxygen atoms in total. The van der Waals surface area contributed by atoms with Gasteiger partial charge in [-0.1, -0.05) is 0 Å². The number of amides is 1. The van der Waals surface area contributed by atoms with Gasteiger partial charge in [-0.15, -0.1) is 24.8 Å². The Labute approximate surface area is 189 Å². The summed E-state index contributed by atoms with van der Waals surface area (Å²) >= 11 is 0. The quantitative estimate of drug-likeness (QED) is 0.709. The average Bonchev–Trinajstić information content (AvgIpc) is 3.18. The molecule has 2 aliphatic heterocycles. The van der Waals surface area contributed by atoms with Crippen LogP contribution in [0.3, 0.4) is 0 Å². The summed E-state index contributed by atoms with van der Waals surface area (Å²) in [6, 6.07) is 2.03. The molecule has 166 valence electrons. The Hall–Kier alpha value is -1.94. The van der Waals surface area contributed by atoms with E-state index in [4.69, 9.17) is 0 Å². The summed E-state index contributed by atoms with van der Waals surface area (Å²) in [4.78, 5) is 32.4. The summed E-state index contributed by atoms with van der Waals surface area (Å²) in [6.45, 7) is 6.52. The number of rotatable bonds is 5.